The third kappa shape index (κ3) is 5.75. The fourth-order valence-corrected chi connectivity index (χ4v) is 5.05. The van der Waals surface area contributed by atoms with Gasteiger partial charge in [-0.2, -0.15) is 10.5 Å². The topological polar surface area (TPSA) is 77.4 Å². The predicted octanol–water partition coefficient (Wildman–Crippen LogP) is 7.47. The van der Waals surface area contributed by atoms with Crippen LogP contribution in [-0.4, -0.2) is 9.55 Å². The normalized spacial score (nSPS) is 11.1. The fourth-order valence-electron chi connectivity index (χ4n) is 4.54. The van der Waals surface area contributed by atoms with E-state index < -0.39 is 0 Å². The summed E-state index contributed by atoms with van der Waals surface area (Å²) in [7, 11) is 1.98. The van der Waals surface area contributed by atoms with E-state index in [9.17, 15) is 10.5 Å². The largest absolute Gasteiger partial charge is 0.336 e. The standard InChI is InChI=1S/C30H22BrN5.2ClH/c1-36-19-34-18-29(36)30(35-17-20-9-10-24(16-33)28(31)13-20)22-11-12-23(15-32)27(14-22)26-8-4-6-21-5-2-3-7-25(21)26;;/h2-14,18-19,30,35H,17H2,1H3;2*1H. The molecular formula is C30H24BrCl2N5. The van der Waals surface area contributed by atoms with E-state index in [-0.39, 0.29) is 30.9 Å². The van der Waals surface area contributed by atoms with E-state index >= 15 is 0 Å². The van der Waals surface area contributed by atoms with E-state index in [1.165, 1.54) is 0 Å². The van der Waals surface area contributed by atoms with Gasteiger partial charge in [-0.15, -0.1) is 24.8 Å². The number of halogens is 3. The first kappa shape index (κ1) is 28.9. The molecule has 0 radical (unpaired) electrons. The summed E-state index contributed by atoms with van der Waals surface area (Å²) in [6.07, 6.45) is 3.65. The third-order valence-corrected chi connectivity index (χ3v) is 7.05. The minimum absolute atomic E-state index is 0. The van der Waals surface area contributed by atoms with Crippen molar-refractivity contribution in [3.63, 3.8) is 0 Å². The van der Waals surface area contributed by atoms with Crippen LogP contribution in [-0.2, 0) is 13.6 Å². The van der Waals surface area contributed by atoms with Gasteiger partial charge in [0.2, 0.25) is 0 Å². The van der Waals surface area contributed by atoms with Gasteiger partial charge in [0.15, 0.2) is 0 Å². The van der Waals surface area contributed by atoms with Crippen molar-refractivity contribution in [3.8, 4) is 23.3 Å². The molecule has 5 nitrogen and oxygen atoms in total. The number of fused-ring (bicyclic) bond motifs is 1. The van der Waals surface area contributed by atoms with Crippen LogP contribution in [0.15, 0.2) is 95.9 Å². The second-order valence-electron chi connectivity index (χ2n) is 8.61. The number of hydrogen-bond acceptors (Lipinski definition) is 4. The number of hydrogen-bond donors (Lipinski definition) is 1. The lowest BCUT2D eigenvalue weighted by Crippen LogP contribution is -2.24. The zero-order valence-corrected chi connectivity index (χ0v) is 23.6. The van der Waals surface area contributed by atoms with Gasteiger partial charge in [0.1, 0.15) is 6.07 Å². The Morgan fingerprint density at radius 3 is 2.34 bits per heavy atom. The Morgan fingerprint density at radius 2 is 1.63 bits per heavy atom. The molecule has 0 aliphatic heterocycles. The zero-order valence-electron chi connectivity index (χ0n) is 20.4. The van der Waals surface area contributed by atoms with Crippen LogP contribution in [0.3, 0.4) is 0 Å². The molecule has 0 fully saturated rings. The summed E-state index contributed by atoms with van der Waals surface area (Å²) in [5.41, 5.74) is 6.28. The lowest BCUT2D eigenvalue weighted by Gasteiger charge is -2.21. The number of aryl methyl sites for hydroxylation is 1. The lowest BCUT2D eigenvalue weighted by atomic mass is 9.91. The Hall–Kier alpha value is -3.65. The van der Waals surface area contributed by atoms with Crippen LogP contribution in [0, 0.1) is 22.7 Å². The van der Waals surface area contributed by atoms with Crippen LogP contribution in [0.2, 0.25) is 0 Å². The van der Waals surface area contributed by atoms with E-state index in [2.05, 4.69) is 68.7 Å². The van der Waals surface area contributed by atoms with Gasteiger partial charge >= 0.3 is 0 Å². The molecule has 1 heterocycles. The number of aromatic nitrogens is 2. The first-order valence-corrected chi connectivity index (χ1v) is 12.3. The van der Waals surface area contributed by atoms with E-state index in [0.717, 1.165) is 43.2 Å². The highest BCUT2D eigenvalue weighted by molar-refractivity contribution is 9.10. The van der Waals surface area contributed by atoms with E-state index in [1.807, 2.05) is 66.3 Å². The Labute approximate surface area is 242 Å². The summed E-state index contributed by atoms with van der Waals surface area (Å²) < 4.78 is 2.78. The fraction of sp³-hybridized carbons (Fsp3) is 0.100. The first-order valence-electron chi connectivity index (χ1n) is 11.5. The highest BCUT2D eigenvalue weighted by Gasteiger charge is 2.20. The van der Waals surface area contributed by atoms with Gasteiger partial charge in [-0.25, -0.2) is 4.98 Å². The van der Waals surface area contributed by atoms with Crippen molar-refractivity contribution >= 4 is 51.5 Å². The van der Waals surface area contributed by atoms with Crippen molar-refractivity contribution in [2.75, 3.05) is 0 Å². The smallest absolute Gasteiger partial charge is 0.100 e. The molecule has 8 heteroatoms. The Morgan fingerprint density at radius 1 is 0.895 bits per heavy atom. The minimum atomic E-state index is -0.159. The van der Waals surface area contributed by atoms with Crippen LogP contribution >= 0.6 is 40.7 Å². The predicted molar refractivity (Wildman–Crippen MR) is 159 cm³/mol. The van der Waals surface area contributed by atoms with Crippen LogP contribution < -0.4 is 5.32 Å². The molecule has 1 aromatic heterocycles. The van der Waals surface area contributed by atoms with Crippen LogP contribution in [0.25, 0.3) is 21.9 Å². The van der Waals surface area contributed by atoms with Gasteiger partial charge in [0.05, 0.1) is 41.5 Å². The second kappa shape index (κ2) is 12.7. The van der Waals surface area contributed by atoms with Gasteiger partial charge in [-0.1, -0.05) is 54.6 Å². The number of imidazole rings is 1. The van der Waals surface area contributed by atoms with Crippen molar-refractivity contribution in [2.24, 2.45) is 7.05 Å². The van der Waals surface area contributed by atoms with Crippen molar-refractivity contribution in [1.29, 1.82) is 10.5 Å². The van der Waals surface area contributed by atoms with Gasteiger partial charge in [-0.05, 0) is 67.7 Å². The van der Waals surface area contributed by atoms with Crippen LogP contribution in [0.1, 0.15) is 34.0 Å². The molecule has 5 aromatic rings. The van der Waals surface area contributed by atoms with E-state index in [4.69, 9.17) is 0 Å². The quantitative estimate of drug-likeness (QED) is 0.218. The molecule has 0 spiro atoms. The SMILES string of the molecule is Cl.Cl.Cn1cncc1C(NCc1ccc(C#N)c(Br)c1)c1ccc(C#N)c(-c2cccc3ccccc23)c1. The highest BCUT2D eigenvalue weighted by atomic mass is 79.9. The summed E-state index contributed by atoms with van der Waals surface area (Å²) in [6, 6.07) is 30.6. The maximum Gasteiger partial charge on any atom is 0.100 e. The second-order valence-corrected chi connectivity index (χ2v) is 9.47. The van der Waals surface area contributed by atoms with Crippen molar-refractivity contribution < 1.29 is 0 Å². The molecule has 0 amide bonds. The number of rotatable bonds is 6. The van der Waals surface area contributed by atoms with Crippen LogP contribution in [0.5, 0.6) is 0 Å². The first-order chi connectivity index (χ1) is 17.6. The summed E-state index contributed by atoms with van der Waals surface area (Å²) >= 11 is 3.49. The third-order valence-electron chi connectivity index (χ3n) is 6.39. The molecular weight excluding hydrogens is 581 g/mol. The number of nitrogens with one attached hydrogen (secondary N) is 1. The lowest BCUT2D eigenvalue weighted by molar-refractivity contribution is 0.573. The van der Waals surface area contributed by atoms with E-state index in [0.29, 0.717) is 17.7 Å². The molecule has 0 aliphatic carbocycles. The average Bonchev–Trinajstić information content (AvgIpc) is 3.34. The molecule has 1 atom stereocenters. The van der Waals surface area contributed by atoms with Gasteiger partial charge in [0.25, 0.3) is 0 Å². The van der Waals surface area contributed by atoms with Crippen molar-refractivity contribution in [2.45, 2.75) is 12.6 Å². The maximum atomic E-state index is 9.92. The Bertz CT molecular complexity index is 1660. The monoisotopic (exact) mass is 603 g/mol. The summed E-state index contributed by atoms with van der Waals surface area (Å²) in [5, 5.41) is 25.1. The summed E-state index contributed by atoms with van der Waals surface area (Å²) in [4.78, 5) is 4.34. The van der Waals surface area contributed by atoms with Crippen molar-refractivity contribution in [1.82, 2.24) is 14.9 Å². The van der Waals surface area contributed by atoms with Gasteiger partial charge in [0, 0.05) is 23.6 Å². The Kier molecular flexibility index (Phi) is 9.69. The molecule has 0 aliphatic rings. The molecule has 190 valence electrons. The molecule has 0 bridgehead atoms. The van der Waals surface area contributed by atoms with Gasteiger partial charge < -0.3 is 9.88 Å². The molecule has 1 N–H and O–H groups in total. The van der Waals surface area contributed by atoms with Crippen LogP contribution in [0.4, 0.5) is 0 Å². The number of benzene rings is 4. The van der Waals surface area contributed by atoms with E-state index in [1.54, 1.807) is 6.33 Å². The summed E-state index contributed by atoms with van der Waals surface area (Å²) in [5.74, 6) is 0. The Balaban J connectivity index is 0.00000200. The zero-order chi connectivity index (χ0) is 25.1. The maximum absolute atomic E-state index is 9.92. The molecule has 1 unspecified atom stereocenters. The molecule has 0 saturated carbocycles. The molecule has 38 heavy (non-hydrogen) atoms. The molecule has 5 rings (SSSR count). The molecule has 0 saturated heterocycles. The number of nitrogens with zero attached hydrogens (tertiary/aromatic N) is 4. The minimum Gasteiger partial charge on any atom is -0.336 e. The number of nitriles is 2. The molecule has 4 aromatic carbocycles. The summed E-state index contributed by atoms with van der Waals surface area (Å²) in [6.45, 7) is 0.587. The van der Waals surface area contributed by atoms with Crippen molar-refractivity contribution in [3.05, 3.63) is 124 Å². The highest BCUT2D eigenvalue weighted by Crippen LogP contribution is 2.34. The van der Waals surface area contributed by atoms with Gasteiger partial charge in [-0.3, -0.25) is 0 Å². The average molecular weight is 605 g/mol.